The lowest BCUT2D eigenvalue weighted by Gasteiger charge is -2.50. The summed E-state index contributed by atoms with van der Waals surface area (Å²) in [6.45, 7) is 3.86. The highest BCUT2D eigenvalue weighted by Gasteiger charge is 2.57. The molecule has 11 unspecified atom stereocenters. The highest BCUT2D eigenvalue weighted by Crippen LogP contribution is 2.37. The van der Waals surface area contributed by atoms with Gasteiger partial charge >= 0.3 is 11.9 Å². The second-order valence-electron chi connectivity index (χ2n) is 14.0. The van der Waals surface area contributed by atoms with Crippen molar-refractivity contribution in [1.82, 2.24) is 0 Å². The van der Waals surface area contributed by atoms with Gasteiger partial charge in [-0.05, 0) is 20.8 Å². The molecule has 0 amide bonds. The molecule has 5 fully saturated rings. The maximum atomic E-state index is 11.8. The summed E-state index contributed by atoms with van der Waals surface area (Å²) in [5.74, 6) is -3.58. The molecule has 25 nitrogen and oxygen atoms in total. The van der Waals surface area contributed by atoms with Gasteiger partial charge in [0.05, 0.1) is 18.3 Å². The largest absolute Gasteiger partial charge is 0.479 e. The number of carbonyl (C=O) groups is 2. The number of hydrogen-bond donors (Lipinski definition) is 14. The molecule has 0 aliphatic carbocycles. The van der Waals surface area contributed by atoms with Crippen LogP contribution in [0.1, 0.15) is 20.8 Å². The molecule has 0 saturated carbocycles. The zero-order chi connectivity index (χ0) is 41.0. The van der Waals surface area contributed by atoms with Crippen molar-refractivity contribution < 1.29 is 124 Å². The molecule has 14 N–H and O–H groups in total. The zero-order valence-electron chi connectivity index (χ0n) is 29.2. The van der Waals surface area contributed by atoms with Gasteiger partial charge in [-0.1, -0.05) is 0 Å². The number of aliphatic hydroxyl groups is 12. The van der Waals surface area contributed by atoms with Crippen molar-refractivity contribution in [1.29, 1.82) is 0 Å². The van der Waals surface area contributed by atoms with Crippen LogP contribution in [0.5, 0.6) is 0 Å². The van der Waals surface area contributed by atoms with Crippen LogP contribution in [0.25, 0.3) is 0 Å². The van der Waals surface area contributed by atoms with Gasteiger partial charge in [0, 0.05) is 0 Å². The molecule has 5 aliphatic heterocycles. The lowest BCUT2D eigenvalue weighted by molar-refractivity contribution is -0.408. The molecule has 5 rings (SSSR count). The minimum atomic E-state index is -2.21. The van der Waals surface area contributed by atoms with E-state index in [0.29, 0.717) is 0 Å². The van der Waals surface area contributed by atoms with Crippen LogP contribution in [0.3, 0.4) is 0 Å². The van der Waals surface area contributed by atoms with Crippen LogP contribution in [-0.4, -0.2) is 237 Å². The van der Waals surface area contributed by atoms with Crippen molar-refractivity contribution in [3.63, 3.8) is 0 Å². The van der Waals surface area contributed by atoms with Crippen molar-refractivity contribution in [2.24, 2.45) is 0 Å². The Balaban J connectivity index is 1.51. The Morgan fingerprint density at radius 3 is 1.24 bits per heavy atom. The summed E-state index contributed by atoms with van der Waals surface area (Å²) < 4.78 is 50.3. The maximum Gasteiger partial charge on any atom is 0.335 e. The smallest absolute Gasteiger partial charge is 0.335 e. The van der Waals surface area contributed by atoms with Crippen LogP contribution >= 0.6 is 0 Å². The van der Waals surface area contributed by atoms with Gasteiger partial charge in [-0.25, -0.2) is 9.59 Å². The van der Waals surface area contributed by atoms with Gasteiger partial charge in [0.25, 0.3) is 0 Å². The third-order valence-electron chi connectivity index (χ3n) is 10.1. The van der Waals surface area contributed by atoms with Crippen LogP contribution in [-0.2, 0) is 52.2 Å². The molecule has 0 aromatic rings. The van der Waals surface area contributed by atoms with E-state index >= 15 is 0 Å². The Morgan fingerprint density at radius 1 is 0.364 bits per heavy atom. The first-order valence-corrected chi connectivity index (χ1v) is 17.2. The van der Waals surface area contributed by atoms with Gasteiger partial charge in [-0.3, -0.25) is 0 Å². The van der Waals surface area contributed by atoms with E-state index in [1.165, 1.54) is 20.8 Å². The van der Waals surface area contributed by atoms with E-state index in [1.54, 1.807) is 0 Å². The van der Waals surface area contributed by atoms with E-state index in [-0.39, 0.29) is 0 Å². The fraction of sp³-hybridized carbons (Fsp3) is 0.933. The number of aliphatic hydroxyl groups excluding tert-OH is 12. The standard InChI is InChI=1S/C30H48O25/c1-4-7(31)12(36)22(54-27-15(39)10(34)13(37)20(52-27)24(42)43)29(48-4)51-19-9(33)6(3)49-30(50-18-8(32)5(2)47-26(46)17(18)41)23(19)55-28-16(40)11(35)14(38)21(53-28)25(44)45/h4-23,26-41,46H,1-3H3,(H,42,43)(H,44,45)/t4?,5?,6?,7-,8-,9-,10-,11-,12+,13+,14+,15?,16?,17?,18+,19+,20?,21?,22?,23?,26?,27-,28-,29+,30+/m1/s1. The van der Waals surface area contributed by atoms with Gasteiger partial charge in [-0.15, -0.1) is 0 Å². The van der Waals surface area contributed by atoms with Gasteiger partial charge in [0.2, 0.25) is 0 Å². The van der Waals surface area contributed by atoms with Crippen LogP contribution in [0.15, 0.2) is 0 Å². The maximum absolute atomic E-state index is 11.8. The van der Waals surface area contributed by atoms with Crippen molar-refractivity contribution in [3.8, 4) is 0 Å². The molecule has 5 heterocycles. The average Bonchev–Trinajstić information content (AvgIpc) is 3.12. The minimum absolute atomic E-state index is 1.15. The SMILES string of the molecule is CC1O[C@@H](O[C@@H]2C(O[C@H]3OC(C(=O)O)[C@@H](O)[C@@H](O)C3O)[C@H](O[C@@H]3C(O)C(O)OC(C)[C@H]3O)OC(C)[C@H]2O)C(O[C@H]2OC(C(=O)O)[C@@H](O)[C@@H](O)C2O)[C@@H](O)[C@@H]1O. The molecule has 318 valence electrons. The van der Waals surface area contributed by atoms with Crippen LogP contribution in [0.2, 0.25) is 0 Å². The van der Waals surface area contributed by atoms with Gasteiger partial charge < -0.3 is 114 Å². The van der Waals surface area contributed by atoms with Crippen molar-refractivity contribution in [2.45, 2.75) is 174 Å². The van der Waals surface area contributed by atoms with Gasteiger partial charge in [-0.2, -0.15) is 0 Å². The third-order valence-corrected chi connectivity index (χ3v) is 10.1. The zero-order valence-corrected chi connectivity index (χ0v) is 29.2. The Bertz CT molecular complexity index is 1300. The lowest BCUT2D eigenvalue weighted by Crippen LogP contribution is -2.68. The van der Waals surface area contributed by atoms with Crippen molar-refractivity contribution >= 4 is 11.9 Å². The summed E-state index contributed by atoms with van der Waals surface area (Å²) in [5, 5.41) is 146. The molecule has 25 heteroatoms. The van der Waals surface area contributed by atoms with E-state index in [1.807, 2.05) is 0 Å². The fourth-order valence-corrected chi connectivity index (χ4v) is 6.77. The van der Waals surface area contributed by atoms with E-state index < -0.39 is 165 Å². The van der Waals surface area contributed by atoms with E-state index in [0.717, 1.165) is 0 Å². The Hall–Kier alpha value is -1.90. The first-order valence-electron chi connectivity index (χ1n) is 17.2. The molecule has 55 heavy (non-hydrogen) atoms. The highest BCUT2D eigenvalue weighted by molar-refractivity contribution is 5.73. The van der Waals surface area contributed by atoms with Gasteiger partial charge in [0.1, 0.15) is 91.6 Å². The van der Waals surface area contributed by atoms with Gasteiger partial charge in [0.15, 0.2) is 43.7 Å². The second-order valence-corrected chi connectivity index (χ2v) is 14.0. The molecule has 0 aromatic carbocycles. The summed E-state index contributed by atoms with van der Waals surface area (Å²) in [4.78, 5) is 23.5. The number of carboxylic acids is 2. The average molecular weight is 809 g/mol. The fourth-order valence-electron chi connectivity index (χ4n) is 6.77. The first kappa shape index (κ1) is 44.2. The second kappa shape index (κ2) is 17.5. The van der Waals surface area contributed by atoms with E-state index in [9.17, 15) is 81.1 Å². The van der Waals surface area contributed by atoms with Crippen LogP contribution in [0, 0.1) is 0 Å². The number of carboxylic acid groups (broad SMARTS) is 2. The predicted octanol–water partition coefficient (Wildman–Crippen LogP) is -8.66. The summed E-state index contributed by atoms with van der Waals surface area (Å²) in [7, 11) is 0. The monoisotopic (exact) mass is 808 g/mol. The minimum Gasteiger partial charge on any atom is -0.479 e. The quantitative estimate of drug-likeness (QED) is 0.0974. The molecule has 5 saturated heterocycles. The predicted molar refractivity (Wildman–Crippen MR) is 163 cm³/mol. The van der Waals surface area contributed by atoms with Crippen LogP contribution < -0.4 is 0 Å². The number of ether oxygens (including phenoxy) is 9. The third kappa shape index (κ3) is 8.77. The Kier molecular flexibility index (Phi) is 14.1. The summed E-state index contributed by atoms with van der Waals surface area (Å²) in [6, 6.07) is 0. The molecule has 5 aliphatic rings. The first-order chi connectivity index (χ1) is 25.7. The topological polar surface area (TPSA) is 400 Å². The number of aliphatic carboxylic acids is 2. The molecule has 25 atom stereocenters. The Morgan fingerprint density at radius 2 is 0.745 bits per heavy atom. The molecular weight excluding hydrogens is 760 g/mol. The van der Waals surface area contributed by atoms with Crippen molar-refractivity contribution in [3.05, 3.63) is 0 Å². The molecule has 0 spiro atoms. The molecule has 0 radical (unpaired) electrons. The normalized spacial score (nSPS) is 53.8. The molecular formula is C30H48O25. The number of rotatable bonds is 10. The number of hydrogen-bond acceptors (Lipinski definition) is 23. The molecule has 0 bridgehead atoms. The van der Waals surface area contributed by atoms with E-state index in [2.05, 4.69) is 0 Å². The van der Waals surface area contributed by atoms with E-state index in [4.69, 9.17) is 42.6 Å². The Labute approximate surface area is 310 Å². The highest BCUT2D eigenvalue weighted by atomic mass is 16.8. The summed E-state index contributed by atoms with van der Waals surface area (Å²) in [6.07, 6.45) is -48.4. The summed E-state index contributed by atoms with van der Waals surface area (Å²) in [5.41, 5.74) is 0. The van der Waals surface area contributed by atoms with Crippen molar-refractivity contribution in [2.75, 3.05) is 0 Å². The lowest BCUT2D eigenvalue weighted by atomic mass is 9.95. The van der Waals surface area contributed by atoms with Crippen LogP contribution in [0.4, 0.5) is 0 Å². The molecule has 0 aromatic heterocycles. The summed E-state index contributed by atoms with van der Waals surface area (Å²) >= 11 is 0.